The summed E-state index contributed by atoms with van der Waals surface area (Å²) in [4.78, 5) is 7.98. The largest absolute Gasteiger partial charge is 0.573 e. The SMILES string of the molecule is Cc1nc(C(C)(F)F)n2cc(-c3ccc(OC(F)(F)F)cc3)cnc12. The maximum atomic E-state index is 13.7. The molecular formula is C16H12F5N3O. The molecule has 0 aliphatic heterocycles. The first-order valence-electron chi connectivity index (χ1n) is 7.14. The van der Waals surface area contributed by atoms with Gasteiger partial charge in [-0.1, -0.05) is 12.1 Å². The zero-order valence-corrected chi connectivity index (χ0v) is 13.1. The number of aryl methyl sites for hydroxylation is 1. The van der Waals surface area contributed by atoms with E-state index in [-0.39, 0.29) is 11.4 Å². The Balaban J connectivity index is 2.02. The molecule has 1 aromatic carbocycles. The smallest absolute Gasteiger partial charge is 0.406 e. The van der Waals surface area contributed by atoms with E-state index in [0.29, 0.717) is 16.8 Å². The van der Waals surface area contributed by atoms with Gasteiger partial charge in [0.15, 0.2) is 11.5 Å². The van der Waals surface area contributed by atoms with Gasteiger partial charge in [-0.3, -0.25) is 4.40 Å². The molecule has 0 fully saturated rings. The summed E-state index contributed by atoms with van der Waals surface area (Å²) in [7, 11) is 0. The van der Waals surface area contributed by atoms with Crippen molar-refractivity contribution in [3.8, 4) is 16.9 Å². The zero-order valence-electron chi connectivity index (χ0n) is 13.1. The molecular weight excluding hydrogens is 345 g/mol. The zero-order chi connectivity index (χ0) is 18.4. The predicted octanol–water partition coefficient (Wildman–Crippen LogP) is 4.72. The molecule has 0 spiro atoms. The van der Waals surface area contributed by atoms with Crippen molar-refractivity contribution >= 4 is 5.65 Å². The molecule has 0 saturated heterocycles. The summed E-state index contributed by atoms with van der Waals surface area (Å²) in [6, 6.07) is 5.05. The lowest BCUT2D eigenvalue weighted by Crippen LogP contribution is -2.16. The Morgan fingerprint density at radius 3 is 2.20 bits per heavy atom. The summed E-state index contributed by atoms with van der Waals surface area (Å²) in [6.07, 6.45) is -1.91. The van der Waals surface area contributed by atoms with E-state index in [1.807, 2.05) is 0 Å². The fraction of sp³-hybridized carbons (Fsp3) is 0.250. The molecule has 0 saturated carbocycles. The Bertz CT molecular complexity index is 910. The molecule has 132 valence electrons. The molecule has 4 nitrogen and oxygen atoms in total. The van der Waals surface area contributed by atoms with E-state index in [1.54, 1.807) is 6.92 Å². The topological polar surface area (TPSA) is 39.4 Å². The predicted molar refractivity (Wildman–Crippen MR) is 79.4 cm³/mol. The first kappa shape index (κ1) is 17.1. The van der Waals surface area contributed by atoms with Gasteiger partial charge >= 0.3 is 12.3 Å². The molecule has 0 atom stereocenters. The van der Waals surface area contributed by atoms with Gasteiger partial charge in [0.25, 0.3) is 0 Å². The third-order valence-corrected chi connectivity index (χ3v) is 3.46. The lowest BCUT2D eigenvalue weighted by molar-refractivity contribution is -0.274. The van der Waals surface area contributed by atoms with Gasteiger partial charge in [0.2, 0.25) is 0 Å². The lowest BCUT2D eigenvalue weighted by Gasteiger charge is -2.11. The summed E-state index contributed by atoms with van der Waals surface area (Å²) >= 11 is 0. The van der Waals surface area contributed by atoms with Gasteiger partial charge in [0, 0.05) is 24.9 Å². The summed E-state index contributed by atoms with van der Waals surface area (Å²) in [5, 5.41) is 0. The molecule has 0 amide bonds. The second-order valence-corrected chi connectivity index (χ2v) is 5.52. The molecule has 25 heavy (non-hydrogen) atoms. The van der Waals surface area contributed by atoms with Crippen LogP contribution in [-0.4, -0.2) is 20.7 Å². The molecule has 0 radical (unpaired) electrons. The first-order valence-corrected chi connectivity index (χ1v) is 7.14. The van der Waals surface area contributed by atoms with Gasteiger partial charge < -0.3 is 4.74 Å². The van der Waals surface area contributed by atoms with Crippen LogP contribution >= 0.6 is 0 Å². The van der Waals surface area contributed by atoms with Crippen molar-refractivity contribution in [1.82, 2.24) is 14.4 Å². The Morgan fingerprint density at radius 2 is 1.64 bits per heavy atom. The summed E-state index contributed by atoms with van der Waals surface area (Å²) < 4.78 is 69.0. The maximum Gasteiger partial charge on any atom is 0.573 e. The number of fused-ring (bicyclic) bond motifs is 1. The number of hydrogen-bond donors (Lipinski definition) is 0. The minimum Gasteiger partial charge on any atom is -0.406 e. The van der Waals surface area contributed by atoms with Crippen LogP contribution in [0.5, 0.6) is 5.75 Å². The van der Waals surface area contributed by atoms with Gasteiger partial charge in [-0.15, -0.1) is 13.2 Å². The third kappa shape index (κ3) is 3.54. The molecule has 0 bridgehead atoms. The Hall–Kier alpha value is -2.71. The number of aromatic nitrogens is 3. The summed E-state index contributed by atoms with van der Waals surface area (Å²) in [5.41, 5.74) is 1.60. The third-order valence-electron chi connectivity index (χ3n) is 3.46. The minimum atomic E-state index is -4.78. The van der Waals surface area contributed by atoms with E-state index < -0.39 is 18.1 Å². The van der Waals surface area contributed by atoms with Crippen LogP contribution < -0.4 is 4.74 Å². The lowest BCUT2D eigenvalue weighted by atomic mass is 10.1. The molecule has 2 heterocycles. The van der Waals surface area contributed by atoms with Crippen molar-refractivity contribution in [1.29, 1.82) is 0 Å². The highest BCUT2D eigenvalue weighted by Crippen LogP contribution is 2.30. The monoisotopic (exact) mass is 357 g/mol. The van der Waals surface area contributed by atoms with Crippen LogP contribution in [-0.2, 0) is 5.92 Å². The number of imidazole rings is 1. The van der Waals surface area contributed by atoms with Crippen LogP contribution in [0.15, 0.2) is 36.7 Å². The Morgan fingerprint density at radius 1 is 1.00 bits per heavy atom. The second kappa shape index (κ2) is 5.68. The van der Waals surface area contributed by atoms with E-state index in [9.17, 15) is 22.0 Å². The van der Waals surface area contributed by atoms with Gasteiger partial charge in [-0.2, -0.15) is 8.78 Å². The number of hydrogen-bond acceptors (Lipinski definition) is 3. The van der Waals surface area contributed by atoms with E-state index in [0.717, 1.165) is 19.1 Å². The van der Waals surface area contributed by atoms with Crippen LogP contribution in [0.1, 0.15) is 18.4 Å². The first-order chi connectivity index (χ1) is 11.5. The highest BCUT2D eigenvalue weighted by atomic mass is 19.4. The molecule has 0 unspecified atom stereocenters. The Kier molecular flexibility index (Phi) is 3.89. The van der Waals surface area contributed by atoms with E-state index in [1.165, 1.54) is 28.9 Å². The molecule has 2 aromatic heterocycles. The number of ether oxygens (including phenoxy) is 1. The standard InChI is InChI=1S/C16H12F5N3O/c1-9-13-22-7-11(8-24(13)14(23-9)15(2,17)18)10-3-5-12(6-4-10)25-16(19,20)21/h3-8H,1-2H3. The van der Waals surface area contributed by atoms with Crippen molar-refractivity contribution in [2.75, 3.05) is 0 Å². The molecule has 0 N–H and O–H groups in total. The van der Waals surface area contributed by atoms with Crippen molar-refractivity contribution in [3.05, 3.63) is 48.2 Å². The van der Waals surface area contributed by atoms with Crippen molar-refractivity contribution < 1.29 is 26.7 Å². The summed E-state index contributed by atoms with van der Waals surface area (Å²) in [6.45, 7) is 2.30. The van der Waals surface area contributed by atoms with Crippen LogP contribution in [0.3, 0.4) is 0 Å². The molecule has 3 rings (SSSR count). The fourth-order valence-corrected chi connectivity index (χ4v) is 2.43. The quantitative estimate of drug-likeness (QED) is 0.637. The van der Waals surface area contributed by atoms with Crippen LogP contribution in [0.2, 0.25) is 0 Å². The van der Waals surface area contributed by atoms with E-state index in [2.05, 4.69) is 14.7 Å². The number of alkyl halides is 5. The second-order valence-electron chi connectivity index (χ2n) is 5.52. The number of nitrogens with zero attached hydrogens (tertiary/aromatic N) is 3. The fourth-order valence-electron chi connectivity index (χ4n) is 2.43. The number of rotatable bonds is 3. The van der Waals surface area contributed by atoms with Crippen molar-refractivity contribution in [3.63, 3.8) is 0 Å². The average Bonchev–Trinajstić information content (AvgIpc) is 2.83. The van der Waals surface area contributed by atoms with E-state index >= 15 is 0 Å². The van der Waals surface area contributed by atoms with Crippen LogP contribution in [0.4, 0.5) is 22.0 Å². The van der Waals surface area contributed by atoms with Crippen LogP contribution in [0.25, 0.3) is 16.8 Å². The molecule has 9 heteroatoms. The minimum absolute atomic E-state index is 0.289. The van der Waals surface area contributed by atoms with Gasteiger partial charge in [-0.05, 0) is 24.6 Å². The van der Waals surface area contributed by atoms with Crippen molar-refractivity contribution in [2.45, 2.75) is 26.1 Å². The molecule has 3 aromatic rings. The Labute approximate surface area is 138 Å². The van der Waals surface area contributed by atoms with Gasteiger partial charge in [-0.25, -0.2) is 9.97 Å². The van der Waals surface area contributed by atoms with Gasteiger partial charge in [0.05, 0.1) is 5.69 Å². The summed E-state index contributed by atoms with van der Waals surface area (Å²) in [5.74, 6) is -3.99. The average molecular weight is 357 g/mol. The maximum absolute atomic E-state index is 13.7. The highest BCUT2D eigenvalue weighted by Gasteiger charge is 2.32. The van der Waals surface area contributed by atoms with E-state index in [4.69, 9.17) is 0 Å². The normalized spacial score (nSPS) is 12.6. The number of halogens is 5. The van der Waals surface area contributed by atoms with Crippen LogP contribution in [0, 0.1) is 6.92 Å². The molecule has 0 aliphatic carbocycles. The number of benzene rings is 1. The highest BCUT2D eigenvalue weighted by molar-refractivity contribution is 5.64. The molecule has 0 aliphatic rings. The van der Waals surface area contributed by atoms with Gasteiger partial charge in [0.1, 0.15) is 5.75 Å². The van der Waals surface area contributed by atoms with Crippen molar-refractivity contribution in [2.24, 2.45) is 0 Å².